The van der Waals surface area contributed by atoms with E-state index in [1.165, 1.54) is 5.56 Å². The van der Waals surface area contributed by atoms with Gasteiger partial charge >= 0.3 is 0 Å². The smallest absolute Gasteiger partial charge is 0.0681 e. The first-order valence-corrected chi connectivity index (χ1v) is 5.72. The maximum absolute atomic E-state index is 9.01. The van der Waals surface area contributed by atoms with Crippen molar-refractivity contribution in [2.45, 2.75) is 45.9 Å². The zero-order chi connectivity index (χ0) is 11.1. The lowest BCUT2D eigenvalue weighted by molar-refractivity contribution is 0.281. The van der Waals surface area contributed by atoms with Crippen molar-refractivity contribution in [1.82, 2.24) is 5.32 Å². The standard InChI is InChI=1S/C13H21NO/c1-3-13(4-2)14-9-11-6-5-7-12(8-11)10-15/h5-8,13-15H,3-4,9-10H2,1-2H3. The maximum Gasteiger partial charge on any atom is 0.0681 e. The molecule has 0 radical (unpaired) electrons. The van der Waals surface area contributed by atoms with E-state index in [2.05, 4.69) is 31.3 Å². The summed E-state index contributed by atoms with van der Waals surface area (Å²) in [6, 6.07) is 8.68. The van der Waals surface area contributed by atoms with Gasteiger partial charge in [-0.2, -0.15) is 0 Å². The highest BCUT2D eigenvalue weighted by Gasteiger charge is 2.02. The van der Waals surface area contributed by atoms with E-state index in [-0.39, 0.29) is 6.61 Å². The van der Waals surface area contributed by atoms with E-state index >= 15 is 0 Å². The summed E-state index contributed by atoms with van der Waals surface area (Å²) in [7, 11) is 0. The maximum atomic E-state index is 9.01. The molecule has 0 heterocycles. The average molecular weight is 207 g/mol. The van der Waals surface area contributed by atoms with Gasteiger partial charge in [-0.25, -0.2) is 0 Å². The summed E-state index contributed by atoms with van der Waals surface area (Å²) in [5.74, 6) is 0. The second-order valence-electron chi connectivity index (χ2n) is 3.87. The highest BCUT2D eigenvalue weighted by molar-refractivity contribution is 5.22. The van der Waals surface area contributed by atoms with Crippen LogP contribution in [0.3, 0.4) is 0 Å². The summed E-state index contributed by atoms with van der Waals surface area (Å²) < 4.78 is 0. The molecule has 1 aromatic carbocycles. The van der Waals surface area contributed by atoms with Crippen molar-refractivity contribution < 1.29 is 5.11 Å². The van der Waals surface area contributed by atoms with Crippen LogP contribution in [0.2, 0.25) is 0 Å². The molecule has 0 bridgehead atoms. The molecule has 0 atom stereocenters. The Balaban J connectivity index is 2.49. The Labute approximate surface area is 92.3 Å². The van der Waals surface area contributed by atoms with Crippen LogP contribution in [0.1, 0.15) is 37.8 Å². The van der Waals surface area contributed by atoms with Gasteiger partial charge in [-0.3, -0.25) is 0 Å². The normalized spacial score (nSPS) is 10.9. The van der Waals surface area contributed by atoms with Gasteiger partial charge in [0.1, 0.15) is 0 Å². The van der Waals surface area contributed by atoms with Crippen LogP contribution in [-0.2, 0) is 13.2 Å². The van der Waals surface area contributed by atoms with Crippen LogP contribution in [-0.4, -0.2) is 11.1 Å². The minimum atomic E-state index is 0.124. The number of nitrogens with one attached hydrogen (secondary N) is 1. The van der Waals surface area contributed by atoms with Crippen LogP contribution in [0.25, 0.3) is 0 Å². The molecule has 0 aliphatic carbocycles. The van der Waals surface area contributed by atoms with Crippen molar-refractivity contribution >= 4 is 0 Å². The summed E-state index contributed by atoms with van der Waals surface area (Å²) in [5.41, 5.74) is 2.23. The van der Waals surface area contributed by atoms with Gasteiger partial charge in [-0.15, -0.1) is 0 Å². The number of rotatable bonds is 6. The molecule has 1 aromatic rings. The number of aliphatic hydroxyl groups is 1. The van der Waals surface area contributed by atoms with Gasteiger partial charge in [0.2, 0.25) is 0 Å². The van der Waals surface area contributed by atoms with Crippen molar-refractivity contribution in [3.05, 3.63) is 35.4 Å². The molecule has 15 heavy (non-hydrogen) atoms. The molecular formula is C13H21NO. The van der Waals surface area contributed by atoms with E-state index in [4.69, 9.17) is 5.11 Å². The zero-order valence-corrected chi connectivity index (χ0v) is 9.66. The molecule has 84 valence electrons. The van der Waals surface area contributed by atoms with Crippen molar-refractivity contribution in [3.8, 4) is 0 Å². The van der Waals surface area contributed by atoms with Gasteiger partial charge in [0.25, 0.3) is 0 Å². The third-order valence-corrected chi connectivity index (χ3v) is 2.75. The van der Waals surface area contributed by atoms with Gasteiger partial charge in [-0.1, -0.05) is 38.1 Å². The van der Waals surface area contributed by atoms with Gasteiger partial charge < -0.3 is 10.4 Å². The monoisotopic (exact) mass is 207 g/mol. The molecule has 2 heteroatoms. The summed E-state index contributed by atoms with van der Waals surface area (Å²) in [4.78, 5) is 0. The van der Waals surface area contributed by atoms with Crippen LogP contribution in [0, 0.1) is 0 Å². The minimum Gasteiger partial charge on any atom is -0.392 e. The van der Waals surface area contributed by atoms with Gasteiger partial charge in [0, 0.05) is 12.6 Å². The van der Waals surface area contributed by atoms with Crippen LogP contribution in [0.4, 0.5) is 0 Å². The zero-order valence-electron chi connectivity index (χ0n) is 9.66. The van der Waals surface area contributed by atoms with E-state index in [9.17, 15) is 0 Å². The van der Waals surface area contributed by atoms with Crippen LogP contribution in [0.15, 0.2) is 24.3 Å². The van der Waals surface area contributed by atoms with E-state index in [0.29, 0.717) is 6.04 Å². The van der Waals surface area contributed by atoms with E-state index < -0.39 is 0 Å². The second-order valence-corrected chi connectivity index (χ2v) is 3.87. The number of hydrogen-bond donors (Lipinski definition) is 2. The summed E-state index contributed by atoms with van der Waals surface area (Å²) >= 11 is 0. The molecule has 0 spiro atoms. The Hall–Kier alpha value is -0.860. The van der Waals surface area contributed by atoms with E-state index in [0.717, 1.165) is 24.9 Å². The molecule has 0 amide bonds. The first-order valence-electron chi connectivity index (χ1n) is 5.72. The van der Waals surface area contributed by atoms with E-state index in [1.54, 1.807) is 0 Å². The molecule has 0 aromatic heterocycles. The quantitative estimate of drug-likeness (QED) is 0.751. The highest BCUT2D eigenvalue weighted by Crippen LogP contribution is 2.06. The Kier molecular flexibility index (Phi) is 5.37. The molecule has 0 aliphatic rings. The molecule has 2 nitrogen and oxygen atoms in total. The molecule has 0 aliphatic heterocycles. The van der Waals surface area contributed by atoms with Crippen LogP contribution < -0.4 is 5.32 Å². The van der Waals surface area contributed by atoms with Crippen LogP contribution in [0.5, 0.6) is 0 Å². The van der Waals surface area contributed by atoms with Gasteiger partial charge in [0.05, 0.1) is 6.61 Å². The highest BCUT2D eigenvalue weighted by atomic mass is 16.3. The third kappa shape index (κ3) is 4.02. The molecule has 0 fully saturated rings. The summed E-state index contributed by atoms with van der Waals surface area (Å²) in [5, 5.41) is 12.5. The fourth-order valence-electron chi connectivity index (χ4n) is 1.68. The van der Waals surface area contributed by atoms with Gasteiger partial charge in [0.15, 0.2) is 0 Å². The number of aliphatic hydroxyl groups excluding tert-OH is 1. The Morgan fingerprint density at radius 1 is 1.20 bits per heavy atom. The lowest BCUT2D eigenvalue weighted by Crippen LogP contribution is -2.26. The van der Waals surface area contributed by atoms with Crippen LogP contribution >= 0.6 is 0 Å². The largest absolute Gasteiger partial charge is 0.392 e. The van der Waals surface area contributed by atoms with Crippen molar-refractivity contribution in [3.63, 3.8) is 0 Å². The Morgan fingerprint density at radius 2 is 1.87 bits per heavy atom. The number of benzene rings is 1. The minimum absolute atomic E-state index is 0.124. The fourth-order valence-corrected chi connectivity index (χ4v) is 1.68. The predicted octanol–water partition coefficient (Wildman–Crippen LogP) is 2.46. The Bertz CT molecular complexity index is 282. The predicted molar refractivity (Wildman–Crippen MR) is 63.6 cm³/mol. The summed E-state index contributed by atoms with van der Waals surface area (Å²) in [6.45, 7) is 5.41. The van der Waals surface area contributed by atoms with Crippen molar-refractivity contribution in [2.24, 2.45) is 0 Å². The molecule has 2 N–H and O–H groups in total. The molecular weight excluding hydrogens is 186 g/mol. The Morgan fingerprint density at radius 3 is 2.47 bits per heavy atom. The number of hydrogen-bond acceptors (Lipinski definition) is 2. The average Bonchev–Trinajstić information content (AvgIpc) is 2.31. The summed E-state index contributed by atoms with van der Waals surface area (Å²) in [6.07, 6.45) is 2.33. The van der Waals surface area contributed by atoms with Crippen molar-refractivity contribution in [1.29, 1.82) is 0 Å². The topological polar surface area (TPSA) is 32.3 Å². The lowest BCUT2D eigenvalue weighted by Gasteiger charge is -2.14. The van der Waals surface area contributed by atoms with Gasteiger partial charge in [-0.05, 0) is 24.0 Å². The molecule has 1 rings (SSSR count). The fraction of sp³-hybridized carbons (Fsp3) is 0.538. The third-order valence-electron chi connectivity index (χ3n) is 2.75. The molecule has 0 saturated carbocycles. The molecule has 0 unspecified atom stereocenters. The second kappa shape index (κ2) is 6.59. The first kappa shape index (κ1) is 12.2. The van der Waals surface area contributed by atoms with E-state index in [1.807, 2.05) is 12.1 Å². The SMILES string of the molecule is CCC(CC)NCc1cccc(CO)c1. The lowest BCUT2D eigenvalue weighted by atomic mass is 10.1. The first-order chi connectivity index (χ1) is 7.30. The van der Waals surface area contributed by atoms with Crippen molar-refractivity contribution in [2.75, 3.05) is 0 Å². The molecule has 0 saturated heterocycles.